The highest BCUT2D eigenvalue weighted by atomic mass is 16.4. The van der Waals surface area contributed by atoms with Crippen LogP contribution in [-0.2, 0) is 41.6 Å². The quantitative estimate of drug-likeness (QED) is 0.141. The van der Waals surface area contributed by atoms with E-state index in [1.54, 1.807) is 19.1 Å². The van der Waals surface area contributed by atoms with Crippen LogP contribution < -0.4 is 20.9 Å². The summed E-state index contributed by atoms with van der Waals surface area (Å²) in [7, 11) is 0. The Kier molecular flexibility index (Phi) is 14.5. The van der Waals surface area contributed by atoms with E-state index in [-0.39, 0.29) is 41.7 Å². The molecule has 14 heteroatoms. The van der Waals surface area contributed by atoms with Crippen molar-refractivity contribution < 1.29 is 48.9 Å². The molecule has 14 nitrogen and oxygen atoms in total. The fraction of sp³-hybridized carbons (Fsp3) is 0.472. The lowest BCUT2D eigenvalue weighted by atomic mass is 9.78. The lowest BCUT2D eigenvalue weighted by Gasteiger charge is -2.32. The highest BCUT2D eigenvalue weighted by Crippen LogP contribution is 2.33. The number of nitrogens with one attached hydrogen (secondary N) is 3. The first-order valence-corrected chi connectivity index (χ1v) is 16.9. The minimum absolute atomic E-state index is 0.0313. The lowest BCUT2D eigenvalue weighted by Crippen LogP contribution is -2.50. The maximum absolute atomic E-state index is 13.5. The SMILES string of the molecule is CCCC[C@H](NC(=O)C1CCCCC1CNC(=O)[C@H](Cc1ccc(N(C(=O)C(=O)O)c2ccccc2C(=O)O)c(CC)c1)NC(C)=O)C(=O)O. The van der Waals surface area contributed by atoms with Crippen molar-refractivity contribution in [2.24, 2.45) is 11.8 Å². The maximum atomic E-state index is 13.5. The number of hydrogen-bond acceptors (Lipinski definition) is 7. The number of hydrogen-bond donors (Lipinski definition) is 6. The minimum Gasteiger partial charge on any atom is -0.480 e. The van der Waals surface area contributed by atoms with E-state index < -0.39 is 53.6 Å². The lowest BCUT2D eigenvalue weighted by molar-refractivity contribution is -0.148. The van der Waals surface area contributed by atoms with Gasteiger partial charge in [-0.15, -0.1) is 0 Å². The summed E-state index contributed by atoms with van der Waals surface area (Å²) in [5.41, 5.74) is 0.828. The molecule has 0 aliphatic heterocycles. The van der Waals surface area contributed by atoms with E-state index in [1.165, 1.54) is 37.3 Å². The van der Waals surface area contributed by atoms with Crippen molar-refractivity contribution in [1.29, 1.82) is 0 Å². The van der Waals surface area contributed by atoms with E-state index in [0.29, 0.717) is 43.2 Å². The van der Waals surface area contributed by atoms with Crippen LogP contribution in [0.4, 0.5) is 11.4 Å². The molecule has 0 heterocycles. The van der Waals surface area contributed by atoms with E-state index in [9.17, 15) is 48.9 Å². The molecular formula is C36H46N4O10. The third-order valence-corrected chi connectivity index (χ3v) is 8.91. The Morgan fingerprint density at radius 2 is 1.58 bits per heavy atom. The number of carboxylic acid groups (broad SMARTS) is 3. The first-order valence-electron chi connectivity index (χ1n) is 16.9. The summed E-state index contributed by atoms with van der Waals surface area (Å²) in [4.78, 5) is 88.1. The average molecular weight is 695 g/mol. The smallest absolute Gasteiger partial charge is 0.395 e. The van der Waals surface area contributed by atoms with E-state index in [0.717, 1.165) is 24.2 Å². The first kappa shape index (κ1) is 39.2. The van der Waals surface area contributed by atoms with Gasteiger partial charge < -0.3 is 31.3 Å². The predicted molar refractivity (Wildman–Crippen MR) is 183 cm³/mol. The van der Waals surface area contributed by atoms with Crippen molar-refractivity contribution in [2.75, 3.05) is 11.4 Å². The molecule has 4 amide bonds. The number of anilines is 2. The number of aliphatic carboxylic acids is 2. The van der Waals surface area contributed by atoms with Gasteiger partial charge in [0.1, 0.15) is 12.1 Å². The number of unbranched alkanes of at least 4 members (excludes halogenated alkanes) is 1. The molecule has 0 radical (unpaired) electrons. The number of aryl methyl sites for hydroxylation is 1. The zero-order valence-electron chi connectivity index (χ0n) is 28.6. The van der Waals surface area contributed by atoms with Crippen molar-refractivity contribution in [3.8, 4) is 0 Å². The number of amides is 4. The number of para-hydroxylation sites is 1. The topological polar surface area (TPSA) is 220 Å². The van der Waals surface area contributed by atoms with Gasteiger partial charge in [-0.1, -0.05) is 63.8 Å². The Labute approximate surface area is 290 Å². The zero-order valence-corrected chi connectivity index (χ0v) is 28.6. The van der Waals surface area contributed by atoms with Crippen molar-refractivity contribution in [1.82, 2.24) is 16.0 Å². The fourth-order valence-corrected chi connectivity index (χ4v) is 6.35. The number of rotatable bonds is 16. The van der Waals surface area contributed by atoms with E-state index in [2.05, 4.69) is 16.0 Å². The first-order chi connectivity index (χ1) is 23.8. The molecule has 50 heavy (non-hydrogen) atoms. The highest BCUT2D eigenvalue weighted by Gasteiger charge is 2.34. The number of carbonyl (C=O) groups excluding carboxylic acids is 4. The van der Waals surface area contributed by atoms with Crippen LogP contribution in [0.25, 0.3) is 0 Å². The van der Waals surface area contributed by atoms with Crippen LogP contribution >= 0.6 is 0 Å². The molecule has 1 saturated carbocycles. The largest absolute Gasteiger partial charge is 0.480 e. The second kappa shape index (κ2) is 18.5. The van der Waals surface area contributed by atoms with Crippen LogP contribution in [0.2, 0.25) is 0 Å². The Hall–Kier alpha value is -5.27. The van der Waals surface area contributed by atoms with E-state index >= 15 is 0 Å². The van der Waals surface area contributed by atoms with Crippen LogP contribution in [-0.4, -0.2) is 75.5 Å². The predicted octanol–water partition coefficient (Wildman–Crippen LogP) is 3.43. The number of carboxylic acids is 3. The maximum Gasteiger partial charge on any atom is 0.395 e. The third kappa shape index (κ3) is 10.4. The van der Waals surface area contributed by atoms with Gasteiger partial charge in [0.25, 0.3) is 0 Å². The summed E-state index contributed by atoms with van der Waals surface area (Å²) in [5.74, 6) is -7.58. The molecule has 0 saturated heterocycles. The van der Waals surface area contributed by atoms with Crippen molar-refractivity contribution in [3.63, 3.8) is 0 Å². The molecule has 0 aromatic heterocycles. The standard InChI is InChI=1S/C36H46N4O10/c1-4-6-14-27(35(47)48)39-31(42)25-12-8-7-11-24(25)20-37-32(43)28(38-21(3)41)19-22-16-17-29(23(5-2)18-22)40(33(44)36(49)50)30-15-10-9-13-26(30)34(45)46/h9-10,13,15-18,24-25,27-28H,4-8,11-12,14,19-20H2,1-3H3,(H,37,43)(H,38,41)(H,39,42)(H,45,46)(H,47,48)(H,49,50)/t24?,25?,27-,28-/m0/s1. The molecule has 2 aromatic rings. The summed E-state index contributed by atoms with van der Waals surface area (Å²) in [6.07, 6.45) is 5.00. The molecule has 0 spiro atoms. The summed E-state index contributed by atoms with van der Waals surface area (Å²) < 4.78 is 0. The molecule has 2 unspecified atom stereocenters. The highest BCUT2D eigenvalue weighted by molar-refractivity contribution is 6.39. The molecule has 1 aliphatic rings. The molecule has 6 N–H and O–H groups in total. The van der Waals surface area contributed by atoms with Crippen LogP contribution in [0.5, 0.6) is 0 Å². The second-order valence-electron chi connectivity index (χ2n) is 12.5. The van der Waals surface area contributed by atoms with Gasteiger partial charge in [-0.3, -0.25) is 24.1 Å². The third-order valence-electron chi connectivity index (χ3n) is 8.91. The second-order valence-corrected chi connectivity index (χ2v) is 12.5. The monoisotopic (exact) mass is 694 g/mol. The van der Waals surface area contributed by atoms with Crippen LogP contribution in [0, 0.1) is 11.8 Å². The normalized spacial score (nSPS) is 16.7. The molecule has 1 fully saturated rings. The Morgan fingerprint density at radius 1 is 0.880 bits per heavy atom. The molecule has 270 valence electrons. The number of aromatic carboxylic acids is 1. The molecule has 3 rings (SSSR count). The van der Waals surface area contributed by atoms with Crippen LogP contribution in [0.3, 0.4) is 0 Å². The van der Waals surface area contributed by atoms with E-state index in [1.807, 2.05) is 6.92 Å². The van der Waals surface area contributed by atoms with Gasteiger partial charge >= 0.3 is 23.8 Å². The Morgan fingerprint density at radius 3 is 2.20 bits per heavy atom. The van der Waals surface area contributed by atoms with Gasteiger partial charge in [0.2, 0.25) is 17.7 Å². The summed E-state index contributed by atoms with van der Waals surface area (Å²) in [6, 6.07) is 8.27. The molecule has 4 atom stereocenters. The van der Waals surface area contributed by atoms with Gasteiger partial charge in [0, 0.05) is 25.8 Å². The fourth-order valence-electron chi connectivity index (χ4n) is 6.35. The number of nitrogens with zero attached hydrogens (tertiary/aromatic N) is 1. The van der Waals surface area contributed by atoms with Crippen molar-refractivity contribution >= 4 is 52.9 Å². The summed E-state index contributed by atoms with van der Waals surface area (Å²) in [5, 5.41) is 37.1. The molecule has 1 aliphatic carbocycles. The van der Waals surface area contributed by atoms with E-state index in [4.69, 9.17) is 0 Å². The summed E-state index contributed by atoms with van der Waals surface area (Å²) >= 11 is 0. The molecular weight excluding hydrogens is 648 g/mol. The van der Waals surface area contributed by atoms with Gasteiger partial charge in [0.05, 0.1) is 16.9 Å². The Balaban J connectivity index is 1.83. The van der Waals surface area contributed by atoms with Gasteiger partial charge in [-0.25, -0.2) is 14.4 Å². The van der Waals surface area contributed by atoms with Crippen LogP contribution in [0.1, 0.15) is 87.2 Å². The van der Waals surface area contributed by atoms with Crippen molar-refractivity contribution in [3.05, 3.63) is 59.2 Å². The number of carbonyl (C=O) groups is 7. The minimum atomic E-state index is -1.78. The average Bonchev–Trinajstić information content (AvgIpc) is 3.08. The summed E-state index contributed by atoms with van der Waals surface area (Å²) in [6.45, 7) is 5.13. The number of benzene rings is 2. The van der Waals surface area contributed by atoms with Gasteiger partial charge in [0.15, 0.2) is 0 Å². The van der Waals surface area contributed by atoms with Gasteiger partial charge in [-0.2, -0.15) is 0 Å². The van der Waals surface area contributed by atoms with Gasteiger partial charge in [-0.05, 0) is 60.9 Å². The van der Waals surface area contributed by atoms with Crippen molar-refractivity contribution in [2.45, 2.75) is 90.6 Å². The Bertz CT molecular complexity index is 1590. The molecule has 2 aromatic carbocycles. The van der Waals surface area contributed by atoms with Crippen LogP contribution in [0.15, 0.2) is 42.5 Å². The zero-order chi connectivity index (χ0) is 37.0. The molecule has 0 bridgehead atoms.